The van der Waals surface area contributed by atoms with Gasteiger partial charge < -0.3 is 25.1 Å². The fourth-order valence-corrected chi connectivity index (χ4v) is 5.81. The van der Waals surface area contributed by atoms with E-state index in [-0.39, 0.29) is 16.9 Å². The van der Waals surface area contributed by atoms with Gasteiger partial charge in [0.1, 0.15) is 11.6 Å². The molecule has 5 rings (SSSR count). The van der Waals surface area contributed by atoms with Crippen molar-refractivity contribution < 1.29 is 19.5 Å². The number of pyridine rings is 1. The van der Waals surface area contributed by atoms with Crippen molar-refractivity contribution in [3.8, 4) is 0 Å². The van der Waals surface area contributed by atoms with E-state index in [2.05, 4.69) is 30.0 Å². The number of aldehydes is 1. The molecule has 0 bridgehead atoms. The van der Waals surface area contributed by atoms with Crippen LogP contribution in [0, 0.1) is 0 Å². The van der Waals surface area contributed by atoms with Gasteiger partial charge in [0, 0.05) is 56.7 Å². The van der Waals surface area contributed by atoms with Gasteiger partial charge in [0.15, 0.2) is 12.1 Å². The minimum Gasteiger partial charge on any atom is -0.478 e. The van der Waals surface area contributed by atoms with Gasteiger partial charge in [-0.25, -0.2) is 14.8 Å². The van der Waals surface area contributed by atoms with E-state index in [1.54, 1.807) is 25.3 Å². The van der Waals surface area contributed by atoms with Crippen molar-refractivity contribution in [3.05, 3.63) is 65.5 Å². The van der Waals surface area contributed by atoms with Gasteiger partial charge in [-0.1, -0.05) is 12.8 Å². The van der Waals surface area contributed by atoms with Crippen molar-refractivity contribution in [2.75, 3.05) is 53.2 Å². The van der Waals surface area contributed by atoms with Gasteiger partial charge in [-0.05, 0) is 68.7 Å². The maximum atomic E-state index is 12.1. The topological polar surface area (TPSA) is 132 Å². The Labute approximate surface area is 251 Å². The Balaban J connectivity index is 1.29. The molecule has 0 radical (unpaired) electrons. The highest BCUT2D eigenvalue weighted by Gasteiger charge is 2.25. The van der Waals surface area contributed by atoms with Crippen LogP contribution in [0.5, 0.6) is 0 Å². The van der Waals surface area contributed by atoms with Crippen molar-refractivity contribution in [2.45, 2.75) is 45.6 Å². The lowest BCUT2D eigenvalue weighted by Crippen LogP contribution is -2.46. The van der Waals surface area contributed by atoms with Crippen LogP contribution in [-0.4, -0.2) is 77.4 Å². The number of carboxylic acids is 1. The molecule has 1 aliphatic heterocycles. The molecule has 224 valence electrons. The lowest BCUT2D eigenvalue weighted by Gasteiger charge is -2.37. The minimum atomic E-state index is -0.924. The Morgan fingerprint density at radius 3 is 2.12 bits per heavy atom. The van der Waals surface area contributed by atoms with E-state index >= 15 is 0 Å². The van der Waals surface area contributed by atoms with Gasteiger partial charge in [-0.2, -0.15) is 4.98 Å². The molecular weight excluding hydrogens is 546 g/mol. The van der Waals surface area contributed by atoms with Crippen molar-refractivity contribution in [1.82, 2.24) is 15.0 Å². The Morgan fingerprint density at radius 1 is 0.930 bits per heavy atom. The monoisotopic (exact) mass is 583 g/mol. The van der Waals surface area contributed by atoms with Gasteiger partial charge in [-0.15, -0.1) is 0 Å². The SMILES string of the molecule is CC(=O)/C(C=O)=C(\C)c1cnc(Nc2ccc(N3CCN(c4ccc(C(=O)O)cc4)CC3)cn2)nc1N(C)C1CCCC1. The number of Topliss-reactive ketones (excluding diaryl/α,β-unsaturated/α-hetero) is 1. The average molecular weight is 584 g/mol. The zero-order valence-corrected chi connectivity index (χ0v) is 24.8. The number of carboxylic acid groups (broad SMARTS) is 1. The molecule has 0 amide bonds. The van der Waals surface area contributed by atoms with E-state index in [4.69, 9.17) is 10.1 Å². The third-order valence-electron chi connectivity index (χ3n) is 8.39. The number of rotatable bonds is 10. The quantitative estimate of drug-likeness (QED) is 0.150. The molecule has 2 aromatic heterocycles. The summed E-state index contributed by atoms with van der Waals surface area (Å²) in [5, 5.41) is 12.3. The van der Waals surface area contributed by atoms with Gasteiger partial charge in [-0.3, -0.25) is 9.59 Å². The van der Waals surface area contributed by atoms with Crippen LogP contribution < -0.4 is 20.0 Å². The predicted octanol–water partition coefficient (Wildman–Crippen LogP) is 4.58. The second kappa shape index (κ2) is 13.0. The molecule has 1 aliphatic carbocycles. The first-order valence-electron chi connectivity index (χ1n) is 14.6. The summed E-state index contributed by atoms with van der Waals surface area (Å²) in [5.74, 6) is 0.452. The van der Waals surface area contributed by atoms with Gasteiger partial charge in [0.2, 0.25) is 5.95 Å². The number of ketones is 1. The van der Waals surface area contributed by atoms with E-state index in [9.17, 15) is 14.4 Å². The average Bonchev–Trinajstić information content (AvgIpc) is 3.57. The summed E-state index contributed by atoms with van der Waals surface area (Å²) >= 11 is 0. The second-order valence-corrected chi connectivity index (χ2v) is 11.0. The Kier molecular flexibility index (Phi) is 8.98. The summed E-state index contributed by atoms with van der Waals surface area (Å²) in [7, 11) is 2.01. The highest BCUT2D eigenvalue weighted by Crippen LogP contribution is 2.33. The van der Waals surface area contributed by atoms with E-state index in [0.717, 1.165) is 63.2 Å². The van der Waals surface area contributed by atoms with Crippen LogP contribution in [0.25, 0.3) is 5.57 Å². The van der Waals surface area contributed by atoms with Crippen LogP contribution >= 0.6 is 0 Å². The van der Waals surface area contributed by atoms with Crippen molar-refractivity contribution in [2.24, 2.45) is 0 Å². The van der Waals surface area contributed by atoms with E-state index in [1.807, 2.05) is 37.5 Å². The molecule has 2 N–H and O–H groups in total. The van der Waals surface area contributed by atoms with Crippen LogP contribution in [0.4, 0.5) is 29.0 Å². The Morgan fingerprint density at radius 2 is 1.56 bits per heavy atom. The maximum Gasteiger partial charge on any atom is 0.335 e. The normalized spacial score (nSPS) is 16.1. The summed E-state index contributed by atoms with van der Waals surface area (Å²) in [5.41, 5.74) is 3.66. The number of piperazine rings is 1. The first-order valence-corrected chi connectivity index (χ1v) is 14.6. The number of hydrogen-bond donors (Lipinski definition) is 2. The third kappa shape index (κ3) is 6.66. The zero-order chi connectivity index (χ0) is 30.5. The summed E-state index contributed by atoms with van der Waals surface area (Å²) in [6.07, 6.45) is 8.55. The molecule has 11 heteroatoms. The van der Waals surface area contributed by atoms with Gasteiger partial charge in [0.05, 0.1) is 23.0 Å². The summed E-state index contributed by atoms with van der Waals surface area (Å²) in [4.78, 5) is 55.5. The van der Waals surface area contributed by atoms with Crippen molar-refractivity contribution in [3.63, 3.8) is 0 Å². The molecule has 2 fully saturated rings. The smallest absolute Gasteiger partial charge is 0.335 e. The number of anilines is 5. The second-order valence-electron chi connectivity index (χ2n) is 11.0. The molecular formula is C32H37N7O4. The molecule has 11 nitrogen and oxygen atoms in total. The number of carbonyl (C=O) groups excluding carboxylic acids is 2. The lowest BCUT2D eigenvalue weighted by atomic mass is 10.0. The third-order valence-corrected chi connectivity index (χ3v) is 8.39. The molecule has 1 saturated heterocycles. The van der Waals surface area contributed by atoms with Crippen LogP contribution in [0.1, 0.15) is 55.5 Å². The zero-order valence-electron chi connectivity index (χ0n) is 24.8. The molecule has 2 aliphatic rings. The molecule has 0 unspecified atom stereocenters. The first kappa shape index (κ1) is 29.7. The lowest BCUT2D eigenvalue weighted by molar-refractivity contribution is -0.115. The molecule has 43 heavy (non-hydrogen) atoms. The van der Waals surface area contributed by atoms with Crippen LogP contribution in [0.3, 0.4) is 0 Å². The Bertz CT molecular complexity index is 1510. The number of nitrogens with one attached hydrogen (secondary N) is 1. The first-order chi connectivity index (χ1) is 20.7. The maximum absolute atomic E-state index is 12.1. The number of carbonyl (C=O) groups is 3. The largest absolute Gasteiger partial charge is 0.478 e. The Hall–Kier alpha value is -4.80. The number of benzene rings is 1. The predicted molar refractivity (Wildman–Crippen MR) is 167 cm³/mol. The van der Waals surface area contributed by atoms with Crippen molar-refractivity contribution >= 4 is 52.6 Å². The number of allylic oxidation sites excluding steroid dienone is 2. The van der Waals surface area contributed by atoms with Crippen LogP contribution in [0.15, 0.2) is 54.4 Å². The minimum absolute atomic E-state index is 0.125. The van der Waals surface area contributed by atoms with E-state index in [0.29, 0.717) is 41.0 Å². The summed E-state index contributed by atoms with van der Waals surface area (Å²) in [6.45, 7) is 6.40. The molecule has 0 atom stereocenters. The summed E-state index contributed by atoms with van der Waals surface area (Å²) < 4.78 is 0. The summed E-state index contributed by atoms with van der Waals surface area (Å²) in [6, 6.07) is 11.2. The van der Waals surface area contributed by atoms with Crippen molar-refractivity contribution in [1.29, 1.82) is 0 Å². The molecule has 1 aromatic carbocycles. The van der Waals surface area contributed by atoms with Crippen LogP contribution in [-0.2, 0) is 9.59 Å². The van der Waals surface area contributed by atoms with Crippen LogP contribution in [0.2, 0.25) is 0 Å². The highest BCUT2D eigenvalue weighted by molar-refractivity contribution is 6.17. The number of hydrogen-bond acceptors (Lipinski definition) is 10. The van der Waals surface area contributed by atoms with E-state index < -0.39 is 5.97 Å². The van der Waals surface area contributed by atoms with E-state index in [1.165, 1.54) is 6.92 Å². The molecule has 0 spiro atoms. The molecule has 1 saturated carbocycles. The standard InChI is InChI=1S/C32H37N7O4/c1-21(28(20-40)22(2)41)27-19-34-32(36-30(27)37(3)24-6-4-5-7-24)35-29-13-12-26(18-33-29)39-16-14-38(15-17-39)25-10-8-23(9-11-25)31(42)43/h8-13,18-20,24H,4-7,14-17H2,1-3H3,(H,42,43)(H,33,34,35,36)/b28-21+. The molecule has 3 heterocycles. The number of nitrogens with zero attached hydrogens (tertiary/aromatic N) is 6. The fourth-order valence-electron chi connectivity index (χ4n) is 5.81. The fraction of sp³-hybridized carbons (Fsp3) is 0.375. The number of aromatic carboxylic acids is 1. The molecule has 3 aromatic rings. The highest BCUT2D eigenvalue weighted by atomic mass is 16.4. The number of aromatic nitrogens is 3. The van der Waals surface area contributed by atoms with Gasteiger partial charge in [0.25, 0.3) is 0 Å². The van der Waals surface area contributed by atoms with Gasteiger partial charge >= 0.3 is 5.97 Å².